The van der Waals surface area contributed by atoms with E-state index in [1.807, 2.05) is 6.07 Å². The first kappa shape index (κ1) is 20.0. The normalized spacial score (nSPS) is 23.3. The predicted octanol–water partition coefficient (Wildman–Crippen LogP) is 4.85. The van der Waals surface area contributed by atoms with Crippen LogP contribution in [0.1, 0.15) is 39.2 Å². The lowest BCUT2D eigenvalue weighted by Crippen LogP contribution is -2.47. The highest BCUT2D eigenvalue weighted by atomic mass is 35.5. The van der Waals surface area contributed by atoms with Crippen LogP contribution >= 0.6 is 12.4 Å². The average Bonchev–Trinajstić information content (AvgIpc) is 2.86. The molecule has 2 aromatic carbocycles. The van der Waals surface area contributed by atoms with E-state index in [2.05, 4.69) is 74.6 Å². The zero-order chi connectivity index (χ0) is 17.2. The van der Waals surface area contributed by atoms with Crippen LogP contribution in [0.4, 0.5) is 0 Å². The summed E-state index contributed by atoms with van der Waals surface area (Å²) in [6, 6.07) is 19.6. The minimum absolute atomic E-state index is 0. The van der Waals surface area contributed by atoms with Crippen molar-refractivity contribution in [2.75, 3.05) is 0 Å². The first-order valence-electron chi connectivity index (χ1n) is 9.01. The summed E-state index contributed by atoms with van der Waals surface area (Å²) < 4.78 is 0. The summed E-state index contributed by atoms with van der Waals surface area (Å²) in [4.78, 5) is 0. The van der Waals surface area contributed by atoms with Gasteiger partial charge in [-0.05, 0) is 62.6 Å². The van der Waals surface area contributed by atoms with Crippen LogP contribution in [0.25, 0.3) is 11.1 Å². The second-order valence-corrected chi connectivity index (χ2v) is 8.17. The van der Waals surface area contributed by atoms with E-state index < -0.39 is 0 Å². The molecule has 1 saturated carbocycles. The molecule has 0 spiro atoms. The van der Waals surface area contributed by atoms with E-state index in [4.69, 9.17) is 0 Å². The molecule has 0 aliphatic heterocycles. The van der Waals surface area contributed by atoms with Gasteiger partial charge in [-0.1, -0.05) is 54.6 Å². The molecule has 0 saturated heterocycles. The van der Waals surface area contributed by atoms with Crippen LogP contribution in [-0.2, 0) is 6.42 Å². The van der Waals surface area contributed by atoms with Crippen molar-refractivity contribution in [1.82, 2.24) is 5.32 Å². The molecule has 0 aromatic heterocycles. The molecule has 1 aliphatic carbocycles. The lowest BCUT2D eigenvalue weighted by molar-refractivity contribution is 0.133. The molecular formula is C22H30ClNO. The molecule has 3 rings (SSSR count). The highest BCUT2D eigenvalue weighted by Crippen LogP contribution is 2.31. The van der Waals surface area contributed by atoms with Crippen LogP contribution in [-0.4, -0.2) is 22.8 Å². The van der Waals surface area contributed by atoms with Gasteiger partial charge in [-0.25, -0.2) is 0 Å². The van der Waals surface area contributed by atoms with E-state index in [1.54, 1.807) is 0 Å². The Kier molecular flexibility index (Phi) is 6.67. The Morgan fingerprint density at radius 1 is 0.920 bits per heavy atom. The zero-order valence-electron chi connectivity index (χ0n) is 15.4. The van der Waals surface area contributed by atoms with Crippen molar-refractivity contribution in [2.45, 2.75) is 57.7 Å². The van der Waals surface area contributed by atoms with Gasteiger partial charge in [0.15, 0.2) is 0 Å². The van der Waals surface area contributed by atoms with Crippen LogP contribution in [0.15, 0.2) is 54.6 Å². The number of nitrogens with one attached hydrogen (secondary N) is 1. The van der Waals surface area contributed by atoms with Crippen molar-refractivity contribution in [3.05, 3.63) is 60.2 Å². The Bertz CT molecular complexity index is 648. The molecule has 1 aliphatic rings. The van der Waals surface area contributed by atoms with Gasteiger partial charge in [0, 0.05) is 11.6 Å². The van der Waals surface area contributed by atoms with Crippen LogP contribution < -0.4 is 5.32 Å². The first-order chi connectivity index (χ1) is 11.4. The largest absolute Gasteiger partial charge is 0.391 e. The molecule has 0 unspecified atom stereocenters. The molecule has 3 heteroatoms. The maximum absolute atomic E-state index is 10.3. The number of benzene rings is 2. The Morgan fingerprint density at radius 2 is 1.52 bits per heavy atom. The van der Waals surface area contributed by atoms with Gasteiger partial charge in [-0.2, -0.15) is 0 Å². The Hall–Kier alpha value is -1.35. The SMILES string of the molecule is CC(C)(C)N[C@@H]1C[C@@H](Cc2ccc(-c3ccccc3)cc2)C[C@H]1O.Cl. The molecule has 2 aromatic rings. The van der Waals surface area contributed by atoms with E-state index in [0.717, 1.165) is 19.3 Å². The van der Waals surface area contributed by atoms with Crippen molar-refractivity contribution in [1.29, 1.82) is 0 Å². The second kappa shape index (κ2) is 8.35. The summed E-state index contributed by atoms with van der Waals surface area (Å²) in [5, 5.41) is 13.9. The number of halogens is 1. The van der Waals surface area contributed by atoms with Gasteiger partial charge >= 0.3 is 0 Å². The van der Waals surface area contributed by atoms with Gasteiger partial charge in [0.2, 0.25) is 0 Å². The van der Waals surface area contributed by atoms with Crippen molar-refractivity contribution in [3.63, 3.8) is 0 Å². The van der Waals surface area contributed by atoms with E-state index in [9.17, 15) is 5.11 Å². The van der Waals surface area contributed by atoms with Crippen LogP contribution in [0.2, 0.25) is 0 Å². The van der Waals surface area contributed by atoms with Crippen molar-refractivity contribution in [2.24, 2.45) is 5.92 Å². The fourth-order valence-electron chi connectivity index (χ4n) is 3.79. The predicted molar refractivity (Wildman–Crippen MR) is 108 cm³/mol. The van der Waals surface area contributed by atoms with E-state index in [-0.39, 0.29) is 30.1 Å². The highest BCUT2D eigenvalue weighted by molar-refractivity contribution is 5.85. The van der Waals surface area contributed by atoms with Gasteiger partial charge < -0.3 is 10.4 Å². The molecule has 0 radical (unpaired) electrons. The van der Waals surface area contributed by atoms with E-state index >= 15 is 0 Å². The monoisotopic (exact) mass is 359 g/mol. The van der Waals surface area contributed by atoms with Crippen molar-refractivity contribution in [3.8, 4) is 11.1 Å². The van der Waals surface area contributed by atoms with Gasteiger partial charge in [-0.3, -0.25) is 0 Å². The summed E-state index contributed by atoms with van der Waals surface area (Å²) >= 11 is 0. The molecule has 0 amide bonds. The van der Waals surface area contributed by atoms with Gasteiger partial charge in [0.1, 0.15) is 0 Å². The van der Waals surface area contributed by atoms with Crippen molar-refractivity contribution < 1.29 is 5.11 Å². The molecular weight excluding hydrogens is 330 g/mol. The quantitative estimate of drug-likeness (QED) is 0.818. The molecule has 2 N–H and O–H groups in total. The molecule has 2 nitrogen and oxygen atoms in total. The maximum atomic E-state index is 10.3. The van der Waals surface area contributed by atoms with Gasteiger partial charge in [0.05, 0.1) is 6.10 Å². The maximum Gasteiger partial charge on any atom is 0.0696 e. The topological polar surface area (TPSA) is 32.3 Å². The third-order valence-electron chi connectivity index (χ3n) is 4.83. The molecule has 0 bridgehead atoms. The molecule has 0 heterocycles. The van der Waals surface area contributed by atoms with Crippen LogP contribution in [0.3, 0.4) is 0 Å². The smallest absolute Gasteiger partial charge is 0.0696 e. The number of rotatable bonds is 4. The van der Waals surface area contributed by atoms with Crippen LogP contribution in [0.5, 0.6) is 0 Å². The third kappa shape index (κ3) is 5.57. The number of hydrogen-bond acceptors (Lipinski definition) is 2. The number of hydrogen-bond donors (Lipinski definition) is 2. The summed E-state index contributed by atoms with van der Waals surface area (Å²) in [6.45, 7) is 6.49. The minimum Gasteiger partial charge on any atom is -0.391 e. The molecule has 3 atom stereocenters. The first-order valence-corrected chi connectivity index (χ1v) is 9.01. The van der Waals surface area contributed by atoms with Crippen LogP contribution in [0, 0.1) is 5.92 Å². The van der Waals surface area contributed by atoms with Gasteiger partial charge in [-0.15, -0.1) is 12.4 Å². The standard InChI is InChI=1S/C22H29NO.ClH/c1-22(2,3)23-20-14-17(15-21(20)24)13-16-9-11-19(12-10-16)18-7-5-4-6-8-18;/h4-12,17,20-21,23-24H,13-15H2,1-3H3;1H/t17-,20-,21-;/m1./s1. The Labute approximate surface area is 158 Å². The third-order valence-corrected chi connectivity index (χ3v) is 4.83. The fourth-order valence-corrected chi connectivity index (χ4v) is 3.79. The summed E-state index contributed by atoms with van der Waals surface area (Å²) in [5.74, 6) is 0.558. The Morgan fingerprint density at radius 3 is 2.12 bits per heavy atom. The molecule has 136 valence electrons. The number of aliphatic hydroxyl groups excluding tert-OH is 1. The summed E-state index contributed by atoms with van der Waals surface area (Å²) in [6.07, 6.45) is 2.78. The van der Waals surface area contributed by atoms with Crippen molar-refractivity contribution >= 4 is 12.4 Å². The fraction of sp³-hybridized carbons (Fsp3) is 0.455. The zero-order valence-corrected chi connectivity index (χ0v) is 16.2. The van der Waals surface area contributed by atoms with E-state index in [0.29, 0.717) is 5.92 Å². The van der Waals surface area contributed by atoms with E-state index in [1.165, 1.54) is 16.7 Å². The molecule has 1 fully saturated rings. The second-order valence-electron chi connectivity index (χ2n) is 8.17. The summed E-state index contributed by atoms with van der Waals surface area (Å²) in [7, 11) is 0. The minimum atomic E-state index is -0.224. The highest BCUT2D eigenvalue weighted by Gasteiger charge is 2.34. The van der Waals surface area contributed by atoms with Gasteiger partial charge in [0.25, 0.3) is 0 Å². The number of aliphatic hydroxyl groups is 1. The summed E-state index contributed by atoms with van der Waals surface area (Å²) in [5.41, 5.74) is 3.94. The lowest BCUT2D eigenvalue weighted by Gasteiger charge is -2.27. The average molecular weight is 360 g/mol. The Balaban J connectivity index is 0.00000225. The lowest BCUT2D eigenvalue weighted by atomic mass is 9.95. The molecule has 25 heavy (non-hydrogen) atoms.